The first-order valence-electron chi connectivity index (χ1n) is 11.7. The molecule has 0 radical (unpaired) electrons. The van der Waals surface area contributed by atoms with E-state index in [9.17, 15) is 9.59 Å². The van der Waals surface area contributed by atoms with Crippen molar-refractivity contribution in [1.29, 1.82) is 0 Å². The van der Waals surface area contributed by atoms with Crippen LogP contribution in [0.2, 0.25) is 0 Å². The summed E-state index contributed by atoms with van der Waals surface area (Å²) in [5, 5.41) is 0. The third-order valence-electron chi connectivity index (χ3n) is 5.54. The lowest BCUT2D eigenvalue weighted by atomic mass is 9.82. The van der Waals surface area contributed by atoms with E-state index in [4.69, 9.17) is 9.47 Å². The second-order valence-electron chi connectivity index (χ2n) is 9.43. The molecule has 1 aliphatic rings. The highest BCUT2D eigenvalue weighted by molar-refractivity contribution is 5.75. The van der Waals surface area contributed by atoms with Crippen molar-refractivity contribution in [2.24, 2.45) is 11.8 Å². The van der Waals surface area contributed by atoms with Crippen molar-refractivity contribution in [2.75, 3.05) is 6.61 Å². The minimum atomic E-state index is -0.443. The zero-order valence-electron chi connectivity index (χ0n) is 18.9. The number of ether oxygens (including phenoxy) is 2. The Hall–Kier alpha value is -1.06. The van der Waals surface area contributed by atoms with Crippen LogP contribution in [0.5, 0.6) is 0 Å². The standard InChI is InChI=1S/C24H44O4/c1-5-6-7-8-9-10-11-12-13-14-19-27-22(25)20-15-17-21(18-16-20)23(26)28-24(2,3)4/h20-21H,5-19H2,1-4H3. The number of carbonyl (C=O) groups is 2. The van der Waals surface area contributed by atoms with E-state index < -0.39 is 5.60 Å². The first kappa shape index (κ1) is 25.0. The molecule has 0 amide bonds. The van der Waals surface area contributed by atoms with Crippen molar-refractivity contribution in [3.8, 4) is 0 Å². The summed E-state index contributed by atoms with van der Waals surface area (Å²) >= 11 is 0. The molecule has 0 unspecified atom stereocenters. The highest BCUT2D eigenvalue weighted by atomic mass is 16.6. The molecular formula is C24H44O4. The summed E-state index contributed by atoms with van der Waals surface area (Å²) in [6.07, 6.45) is 15.7. The summed E-state index contributed by atoms with van der Waals surface area (Å²) in [4.78, 5) is 24.4. The van der Waals surface area contributed by atoms with E-state index in [0.717, 1.165) is 38.5 Å². The minimum absolute atomic E-state index is 0.0400. The van der Waals surface area contributed by atoms with Gasteiger partial charge in [0.1, 0.15) is 5.60 Å². The maximum absolute atomic E-state index is 12.2. The maximum Gasteiger partial charge on any atom is 0.309 e. The average Bonchev–Trinajstić information content (AvgIpc) is 2.64. The van der Waals surface area contributed by atoms with Crippen LogP contribution in [0, 0.1) is 11.8 Å². The molecule has 0 aromatic heterocycles. The van der Waals surface area contributed by atoms with Gasteiger partial charge >= 0.3 is 11.9 Å². The maximum atomic E-state index is 12.2. The molecule has 164 valence electrons. The van der Waals surface area contributed by atoms with Gasteiger partial charge in [-0.05, 0) is 52.9 Å². The van der Waals surface area contributed by atoms with Gasteiger partial charge in [-0.2, -0.15) is 0 Å². The molecular weight excluding hydrogens is 352 g/mol. The van der Waals surface area contributed by atoms with Crippen LogP contribution in [0.4, 0.5) is 0 Å². The van der Waals surface area contributed by atoms with E-state index in [1.807, 2.05) is 20.8 Å². The largest absolute Gasteiger partial charge is 0.465 e. The molecule has 1 aliphatic carbocycles. The van der Waals surface area contributed by atoms with Gasteiger partial charge in [0.25, 0.3) is 0 Å². The van der Waals surface area contributed by atoms with Crippen LogP contribution in [-0.4, -0.2) is 24.1 Å². The van der Waals surface area contributed by atoms with Gasteiger partial charge in [0.15, 0.2) is 0 Å². The molecule has 0 spiro atoms. The van der Waals surface area contributed by atoms with Crippen molar-refractivity contribution in [1.82, 2.24) is 0 Å². The third kappa shape index (κ3) is 11.7. The molecule has 0 N–H and O–H groups in total. The molecule has 0 atom stereocenters. The summed E-state index contributed by atoms with van der Waals surface area (Å²) < 4.78 is 10.9. The lowest BCUT2D eigenvalue weighted by Gasteiger charge is -2.28. The summed E-state index contributed by atoms with van der Waals surface area (Å²) in [6.45, 7) is 8.47. The molecule has 4 heteroatoms. The Kier molecular flexibility index (Phi) is 12.5. The molecule has 1 saturated carbocycles. The fraction of sp³-hybridized carbons (Fsp3) is 0.917. The zero-order valence-corrected chi connectivity index (χ0v) is 18.9. The average molecular weight is 397 g/mol. The normalized spacial score (nSPS) is 20.0. The van der Waals surface area contributed by atoms with Gasteiger partial charge in [0.2, 0.25) is 0 Å². The van der Waals surface area contributed by atoms with E-state index in [2.05, 4.69) is 6.92 Å². The molecule has 0 aromatic carbocycles. The number of hydrogen-bond donors (Lipinski definition) is 0. The Morgan fingerprint density at radius 1 is 0.714 bits per heavy atom. The van der Waals surface area contributed by atoms with Gasteiger partial charge in [-0.15, -0.1) is 0 Å². The van der Waals surface area contributed by atoms with Gasteiger partial charge in [0.05, 0.1) is 18.4 Å². The second kappa shape index (κ2) is 14.0. The van der Waals surface area contributed by atoms with E-state index in [-0.39, 0.29) is 23.8 Å². The Balaban J connectivity index is 2.02. The van der Waals surface area contributed by atoms with Crippen LogP contribution in [0.25, 0.3) is 0 Å². The number of esters is 2. The summed E-state index contributed by atoms with van der Waals surface area (Å²) in [6, 6.07) is 0. The SMILES string of the molecule is CCCCCCCCCCCCOC(=O)C1CCC(C(=O)OC(C)(C)C)CC1. The number of unbranched alkanes of at least 4 members (excludes halogenated alkanes) is 9. The minimum Gasteiger partial charge on any atom is -0.465 e. The third-order valence-corrected chi connectivity index (χ3v) is 5.54. The second-order valence-corrected chi connectivity index (χ2v) is 9.43. The summed E-state index contributed by atoms with van der Waals surface area (Å²) in [5.74, 6) is -0.296. The van der Waals surface area contributed by atoms with Crippen molar-refractivity contribution in [3.05, 3.63) is 0 Å². The highest BCUT2D eigenvalue weighted by Gasteiger charge is 2.33. The van der Waals surface area contributed by atoms with Crippen LogP contribution < -0.4 is 0 Å². The first-order chi connectivity index (χ1) is 13.3. The molecule has 0 heterocycles. The van der Waals surface area contributed by atoms with Gasteiger partial charge in [-0.25, -0.2) is 0 Å². The van der Waals surface area contributed by atoms with Crippen LogP contribution >= 0.6 is 0 Å². The zero-order chi connectivity index (χ0) is 20.8. The lowest BCUT2D eigenvalue weighted by molar-refractivity contribution is -0.163. The molecule has 0 aliphatic heterocycles. The summed E-state index contributed by atoms with van der Waals surface area (Å²) in [5.41, 5.74) is -0.443. The van der Waals surface area contributed by atoms with Crippen LogP contribution in [0.15, 0.2) is 0 Å². The van der Waals surface area contributed by atoms with E-state index in [0.29, 0.717) is 6.61 Å². The van der Waals surface area contributed by atoms with E-state index in [1.54, 1.807) is 0 Å². The predicted molar refractivity (Wildman–Crippen MR) is 114 cm³/mol. The quantitative estimate of drug-likeness (QED) is 0.260. The molecule has 1 rings (SSSR count). The molecule has 4 nitrogen and oxygen atoms in total. The van der Waals surface area contributed by atoms with E-state index >= 15 is 0 Å². The van der Waals surface area contributed by atoms with Crippen LogP contribution in [0.3, 0.4) is 0 Å². The van der Waals surface area contributed by atoms with Gasteiger partial charge in [-0.3, -0.25) is 9.59 Å². The first-order valence-corrected chi connectivity index (χ1v) is 11.7. The van der Waals surface area contributed by atoms with Crippen LogP contribution in [0.1, 0.15) is 118 Å². The summed E-state index contributed by atoms with van der Waals surface area (Å²) in [7, 11) is 0. The van der Waals surface area contributed by atoms with Crippen LogP contribution in [-0.2, 0) is 19.1 Å². The van der Waals surface area contributed by atoms with E-state index in [1.165, 1.54) is 51.4 Å². The molecule has 0 saturated heterocycles. The Labute approximate surface area is 173 Å². The van der Waals surface area contributed by atoms with Gasteiger partial charge < -0.3 is 9.47 Å². The van der Waals surface area contributed by atoms with Crippen molar-refractivity contribution >= 4 is 11.9 Å². The smallest absolute Gasteiger partial charge is 0.309 e. The Bertz CT molecular complexity index is 430. The Morgan fingerprint density at radius 3 is 1.61 bits per heavy atom. The van der Waals surface area contributed by atoms with Crippen molar-refractivity contribution in [2.45, 2.75) is 123 Å². The highest BCUT2D eigenvalue weighted by Crippen LogP contribution is 2.31. The number of hydrogen-bond acceptors (Lipinski definition) is 4. The van der Waals surface area contributed by atoms with Crippen molar-refractivity contribution < 1.29 is 19.1 Å². The van der Waals surface area contributed by atoms with Gasteiger partial charge in [-0.1, -0.05) is 64.7 Å². The van der Waals surface area contributed by atoms with Gasteiger partial charge in [0, 0.05) is 0 Å². The topological polar surface area (TPSA) is 52.6 Å². The number of rotatable bonds is 13. The monoisotopic (exact) mass is 396 g/mol. The van der Waals surface area contributed by atoms with Crippen molar-refractivity contribution in [3.63, 3.8) is 0 Å². The molecule has 0 bridgehead atoms. The fourth-order valence-electron chi connectivity index (χ4n) is 3.83. The lowest BCUT2D eigenvalue weighted by Crippen LogP contribution is -2.32. The Morgan fingerprint density at radius 2 is 1.14 bits per heavy atom. The molecule has 1 fully saturated rings. The predicted octanol–water partition coefficient (Wildman–Crippen LogP) is 6.60. The molecule has 0 aromatic rings. The number of carbonyl (C=O) groups excluding carboxylic acids is 2. The molecule has 28 heavy (non-hydrogen) atoms. The fourth-order valence-corrected chi connectivity index (χ4v) is 3.83.